The second-order valence-corrected chi connectivity index (χ2v) is 8.68. The smallest absolute Gasteiger partial charge is 0.211 e. The molecule has 1 aromatic rings. The molecule has 4 nitrogen and oxygen atoms in total. The highest BCUT2D eigenvalue weighted by atomic mass is 32.2. The third kappa shape index (κ3) is 6.61. The monoisotopic (exact) mass is 339 g/mol. The van der Waals surface area contributed by atoms with Crippen LogP contribution in [0.1, 0.15) is 56.9 Å². The lowest BCUT2D eigenvalue weighted by Crippen LogP contribution is -2.34. The molecule has 130 valence electrons. The first-order valence-corrected chi connectivity index (χ1v) is 10.3. The van der Waals surface area contributed by atoms with Crippen molar-refractivity contribution in [3.63, 3.8) is 0 Å². The minimum atomic E-state index is -3.25. The standard InChI is InChI=1S/C18H29NO3S/c1-15(20)12-18(17-10-6-3-7-11-17)13-19-23(21,22)14-16-8-4-2-5-9-16/h3,6-7,10-11,15-16,18-20H,2,4-5,8-9,12-14H2,1H3. The molecule has 5 heteroatoms. The lowest BCUT2D eigenvalue weighted by Gasteiger charge is -2.23. The van der Waals surface area contributed by atoms with Crippen molar-refractivity contribution in [2.75, 3.05) is 12.3 Å². The van der Waals surface area contributed by atoms with E-state index in [2.05, 4.69) is 4.72 Å². The van der Waals surface area contributed by atoms with Crippen molar-refractivity contribution in [3.8, 4) is 0 Å². The van der Waals surface area contributed by atoms with E-state index in [1.807, 2.05) is 30.3 Å². The molecule has 23 heavy (non-hydrogen) atoms. The van der Waals surface area contributed by atoms with Crippen LogP contribution in [0.2, 0.25) is 0 Å². The molecule has 0 amide bonds. The number of nitrogens with one attached hydrogen (secondary N) is 1. The Bertz CT molecular complexity index is 551. The van der Waals surface area contributed by atoms with Gasteiger partial charge in [0.05, 0.1) is 11.9 Å². The van der Waals surface area contributed by atoms with Crippen LogP contribution >= 0.6 is 0 Å². The van der Waals surface area contributed by atoms with Crippen LogP contribution in [0, 0.1) is 5.92 Å². The van der Waals surface area contributed by atoms with E-state index in [0.29, 0.717) is 18.9 Å². The minimum absolute atomic E-state index is 0.00247. The van der Waals surface area contributed by atoms with Crippen LogP contribution in [0.25, 0.3) is 0 Å². The first-order valence-electron chi connectivity index (χ1n) is 8.66. The van der Waals surface area contributed by atoms with Gasteiger partial charge in [-0.1, -0.05) is 49.6 Å². The van der Waals surface area contributed by atoms with Crippen LogP contribution in [0.4, 0.5) is 0 Å². The predicted molar refractivity (Wildman–Crippen MR) is 93.8 cm³/mol. The summed E-state index contributed by atoms with van der Waals surface area (Å²) >= 11 is 0. The lowest BCUT2D eigenvalue weighted by molar-refractivity contribution is 0.174. The summed E-state index contributed by atoms with van der Waals surface area (Å²) in [4.78, 5) is 0. The first kappa shape index (κ1) is 18.4. The van der Waals surface area contributed by atoms with Gasteiger partial charge in [-0.05, 0) is 43.6 Å². The fourth-order valence-electron chi connectivity index (χ4n) is 3.42. The molecule has 2 unspecified atom stereocenters. The van der Waals surface area contributed by atoms with Crippen LogP contribution in [-0.4, -0.2) is 31.9 Å². The molecule has 1 aliphatic rings. The molecule has 0 aromatic heterocycles. The Labute approximate surface area is 140 Å². The van der Waals surface area contributed by atoms with Gasteiger partial charge in [-0.15, -0.1) is 0 Å². The molecular weight excluding hydrogens is 310 g/mol. The molecule has 0 spiro atoms. The maximum Gasteiger partial charge on any atom is 0.211 e. The quantitative estimate of drug-likeness (QED) is 0.765. The molecule has 2 rings (SSSR count). The summed E-state index contributed by atoms with van der Waals surface area (Å²) in [5, 5.41) is 9.70. The van der Waals surface area contributed by atoms with E-state index in [0.717, 1.165) is 31.2 Å². The molecule has 2 N–H and O–H groups in total. The summed E-state index contributed by atoms with van der Waals surface area (Å²) < 4.78 is 27.5. The van der Waals surface area contributed by atoms with Crippen LogP contribution in [0.15, 0.2) is 30.3 Å². The van der Waals surface area contributed by atoms with E-state index < -0.39 is 16.1 Å². The number of hydrogen-bond donors (Lipinski definition) is 2. The topological polar surface area (TPSA) is 66.4 Å². The van der Waals surface area contributed by atoms with Crippen molar-refractivity contribution in [1.29, 1.82) is 0 Å². The van der Waals surface area contributed by atoms with Gasteiger partial charge in [-0.2, -0.15) is 0 Å². The fraction of sp³-hybridized carbons (Fsp3) is 0.667. The largest absolute Gasteiger partial charge is 0.393 e. The second-order valence-electron chi connectivity index (χ2n) is 6.83. The maximum absolute atomic E-state index is 12.3. The Morgan fingerprint density at radius 1 is 1.17 bits per heavy atom. The number of hydrogen-bond acceptors (Lipinski definition) is 3. The Balaban J connectivity index is 1.93. The molecule has 1 fully saturated rings. The number of aliphatic hydroxyl groups excluding tert-OH is 1. The number of benzene rings is 1. The van der Waals surface area contributed by atoms with Crippen LogP contribution < -0.4 is 4.72 Å². The van der Waals surface area contributed by atoms with Crippen molar-refractivity contribution in [3.05, 3.63) is 35.9 Å². The highest BCUT2D eigenvalue weighted by molar-refractivity contribution is 7.89. The van der Waals surface area contributed by atoms with E-state index in [1.165, 1.54) is 6.42 Å². The SMILES string of the molecule is CC(O)CC(CNS(=O)(=O)CC1CCCCC1)c1ccccc1. The number of rotatable bonds is 8. The fourth-order valence-corrected chi connectivity index (χ4v) is 4.95. The molecule has 2 atom stereocenters. The molecule has 0 heterocycles. The van der Waals surface area contributed by atoms with Gasteiger partial charge in [0, 0.05) is 6.54 Å². The molecule has 1 aromatic carbocycles. The van der Waals surface area contributed by atoms with Gasteiger partial charge in [0.25, 0.3) is 0 Å². The molecule has 0 saturated heterocycles. The summed E-state index contributed by atoms with van der Waals surface area (Å²) in [7, 11) is -3.25. The summed E-state index contributed by atoms with van der Waals surface area (Å²) in [5.74, 6) is 0.536. The zero-order chi connectivity index (χ0) is 16.7. The Kier molecular flexibility index (Phi) is 7.06. The molecule has 0 bridgehead atoms. The third-order valence-electron chi connectivity index (χ3n) is 4.63. The normalized spacial score (nSPS) is 19.4. The second kappa shape index (κ2) is 8.81. The Hall–Kier alpha value is -0.910. The molecule has 0 aliphatic heterocycles. The van der Waals surface area contributed by atoms with E-state index in [1.54, 1.807) is 6.92 Å². The van der Waals surface area contributed by atoms with Gasteiger partial charge in [0.15, 0.2) is 0 Å². The molecule has 0 radical (unpaired) electrons. The number of aliphatic hydroxyl groups is 1. The summed E-state index contributed by atoms with van der Waals surface area (Å²) in [5.41, 5.74) is 1.06. The van der Waals surface area contributed by atoms with Crippen molar-refractivity contribution >= 4 is 10.0 Å². The summed E-state index contributed by atoms with van der Waals surface area (Å²) in [6, 6.07) is 9.81. The highest BCUT2D eigenvalue weighted by Gasteiger charge is 2.23. The van der Waals surface area contributed by atoms with Crippen LogP contribution in [0.3, 0.4) is 0 Å². The average molecular weight is 340 g/mol. The number of sulfonamides is 1. The molecule has 1 aliphatic carbocycles. The van der Waals surface area contributed by atoms with Crippen molar-refractivity contribution in [1.82, 2.24) is 4.72 Å². The van der Waals surface area contributed by atoms with Gasteiger partial charge in [0.1, 0.15) is 0 Å². The maximum atomic E-state index is 12.3. The van der Waals surface area contributed by atoms with E-state index >= 15 is 0 Å². The summed E-state index contributed by atoms with van der Waals surface area (Å²) in [6.07, 6.45) is 5.67. The molecular formula is C18H29NO3S. The predicted octanol–water partition coefficient (Wildman–Crippen LogP) is 3.04. The van der Waals surface area contributed by atoms with Crippen molar-refractivity contribution in [2.45, 2.75) is 57.5 Å². The third-order valence-corrected chi connectivity index (χ3v) is 6.14. The first-order chi connectivity index (χ1) is 11.0. The van der Waals surface area contributed by atoms with Gasteiger partial charge < -0.3 is 5.11 Å². The van der Waals surface area contributed by atoms with Crippen LogP contribution in [-0.2, 0) is 10.0 Å². The van der Waals surface area contributed by atoms with Crippen LogP contribution in [0.5, 0.6) is 0 Å². The summed E-state index contributed by atoms with van der Waals surface area (Å²) in [6.45, 7) is 2.09. The molecule has 1 saturated carbocycles. The minimum Gasteiger partial charge on any atom is -0.393 e. The van der Waals surface area contributed by atoms with Gasteiger partial charge >= 0.3 is 0 Å². The van der Waals surface area contributed by atoms with Crippen molar-refractivity contribution < 1.29 is 13.5 Å². The van der Waals surface area contributed by atoms with Gasteiger partial charge in [0.2, 0.25) is 10.0 Å². The van der Waals surface area contributed by atoms with E-state index in [-0.39, 0.29) is 11.7 Å². The van der Waals surface area contributed by atoms with Gasteiger partial charge in [-0.3, -0.25) is 0 Å². The van der Waals surface area contributed by atoms with Crippen molar-refractivity contribution in [2.24, 2.45) is 5.92 Å². The zero-order valence-electron chi connectivity index (χ0n) is 13.9. The highest BCUT2D eigenvalue weighted by Crippen LogP contribution is 2.25. The lowest BCUT2D eigenvalue weighted by atomic mass is 9.91. The Morgan fingerprint density at radius 3 is 2.43 bits per heavy atom. The zero-order valence-corrected chi connectivity index (χ0v) is 14.8. The Morgan fingerprint density at radius 2 is 1.83 bits per heavy atom. The van der Waals surface area contributed by atoms with Gasteiger partial charge in [-0.25, -0.2) is 13.1 Å². The van der Waals surface area contributed by atoms with E-state index in [9.17, 15) is 13.5 Å². The van der Waals surface area contributed by atoms with E-state index in [4.69, 9.17) is 0 Å². The average Bonchev–Trinajstić information content (AvgIpc) is 2.52.